The van der Waals surface area contributed by atoms with Gasteiger partial charge in [-0.15, -0.1) is 0 Å². The van der Waals surface area contributed by atoms with E-state index in [0.29, 0.717) is 11.8 Å². The van der Waals surface area contributed by atoms with Crippen LogP contribution in [0.2, 0.25) is 0 Å². The molecule has 2 saturated carbocycles. The highest BCUT2D eigenvalue weighted by Gasteiger charge is 2.51. The van der Waals surface area contributed by atoms with E-state index in [0.717, 1.165) is 38.5 Å². The van der Waals surface area contributed by atoms with E-state index in [9.17, 15) is 15.0 Å². The van der Waals surface area contributed by atoms with Gasteiger partial charge in [0.2, 0.25) is 0 Å². The molecule has 0 radical (unpaired) electrons. The molecule has 3 heteroatoms. The minimum Gasteiger partial charge on any atom is -0.479 e. The minimum atomic E-state index is -1.48. The third-order valence-corrected chi connectivity index (χ3v) is 5.46. The van der Waals surface area contributed by atoms with Gasteiger partial charge in [-0.3, -0.25) is 0 Å². The first-order chi connectivity index (χ1) is 8.94. The van der Waals surface area contributed by atoms with Crippen molar-refractivity contribution in [2.24, 2.45) is 23.7 Å². The van der Waals surface area contributed by atoms with Crippen LogP contribution < -0.4 is 0 Å². The van der Waals surface area contributed by atoms with Crippen molar-refractivity contribution in [2.75, 3.05) is 0 Å². The summed E-state index contributed by atoms with van der Waals surface area (Å²) >= 11 is 0. The first-order valence-corrected chi connectivity index (χ1v) is 7.90. The number of aliphatic hydroxyl groups is 1. The van der Waals surface area contributed by atoms with Gasteiger partial charge in [0.25, 0.3) is 0 Å². The van der Waals surface area contributed by atoms with Gasteiger partial charge in [0.1, 0.15) is 0 Å². The third-order valence-electron chi connectivity index (χ3n) is 5.46. The van der Waals surface area contributed by atoms with Crippen LogP contribution in [0.3, 0.4) is 0 Å². The van der Waals surface area contributed by atoms with Gasteiger partial charge in [0, 0.05) is 0 Å². The van der Waals surface area contributed by atoms with E-state index >= 15 is 0 Å². The van der Waals surface area contributed by atoms with Crippen LogP contribution in [-0.4, -0.2) is 21.8 Å². The summed E-state index contributed by atoms with van der Waals surface area (Å²) in [5.74, 6) is 0.00933. The Labute approximate surface area is 116 Å². The van der Waals surface area contributed by atoms with Gasteiger partial charge in [-0.05, 0) is 49.4 Å². The summed E-state index contributed by atoms with van der Waals surface area (Å²) in [5, 5.41) is 20.6. The van der Waals surface area contributed by atoms with Crippen LogP contribution >= 0.6 is 0 Å². The van der Waals surface area contributed by atoms with E-state index in [1.807, 2.05) is 0 Å². The molecule has 0 heterocycles. The predicted molar refractivity (Wildman–Crippen MR) is 74.8 cm³/mol. The smallest absolute Gasteiger partial charge is 0.336 e. The lowest BCUT2D eigenvalue weighted by Gasteiger charge is -2.44. The Morgan fingerprint density at radius 1 is 0.947 bits per heavy atom. The van der Waals surface area contributed by atoms with Gasteiger partial charge in [-0.2, -0.15) is 0 Å². The SMILES string of the molecule is C[C@H]1CCC[C@@H](C(O)(C(=O)O)[C@@H]2CCC[C@H](C)C2)C1. The second-order valence-electron chi connectivity index (χ2n) is 7.07. The van der Waals surface area contributed by atoms with Gasteiger partial charge in [0.15, 0.2) is 5.60 Å². The molecule has 0 unspecified atom stereocenters. The Morgan fingerprint density at radius 3 is 1.68 bits per heavy atom. The predicted octanol–water partition coefficient (Wildman–Crippen LogP) is 3.45. The molecule has 0 saturated heterocycles. The van der Waals surface area contributed by atoms with Crippen molar-refractivity contribution in [3.63, 3.8) is 0 Å². The quantitative estimate of drug-likeness (QED) is 0.824. The van der Waals surface area contributed by atoms with Crippen LogP contribution in [0.1, 0.15) is 65.2 Å². The molecule has 3 nitrogen and oxygen atoms in total. The number of aliphatic carboxylic acids is 1. The van der Waals surface area contributed by atoms with Crippen molar-refractivity contribution in [3.05, 3.63) is 0 Å². The average molecular weight is 268 g/mol. The molecule has 2 rings (SSSR count). The molecule has 0 aromatic rings. The molecule has 2 aliphatic rings. The molecule has 4 atom stereocenters. The van der Waals surface area contributed by atoms with Crippen molar-refractivity contribution in [1.82, 2.24) is 0 Å². The number of carboxylic acid groups (broad SMARTS) is 1. The average Bonchev–Trinajstić information content (AvgIpc) is 2.37. The molecule has 110 valence electrons. The Balaban J connectivity index is 2.18. The Morgan fingerprint density at radius 2 is 1.37 bits per heavy atom. The maximum absolute atomic E-state index is 11.8. The fourth-order valence-corrected chi connectivity index (χ4v) is 4.35. The van der Waals surface area contributed by atoms with Gasteiger partial charge in [-0.1, -0.05) is 39.5 Å². The molecule has 2 fully saturated rings. The largest absolute Gasteiger partial charge is 0.479 e. The highest BCUT2D eigenvalue weighted by molar-refractivity contribution is 5.78. The van der Waals surface area contributed by atoms with E-state index in [4.69, 9.17) is 0 Å². The Bertz CT molecular complexity index is 304. The van der Waals surface area contributed by atoms with E-state index in [-0.39, 0.29) is 11.8 Å². The lowest BCUT2D eigenvalue weighted by Crippen LogP contribution is -2.54. The van der Waals surface area contributed by atoms with E-state index < -0.39 is 11.6 Å². The lowest BCUT2D eigenvalue weighted by molar-refractivity contribution is -0.179. The van der Waals surface area contributed by atoms with Crippen molar-refractivity contribution in [1.29, 1.82) is 0 Å². The standard InChI is InChI=1S/C16H28O3/c1-11-5-3-7-13(9-11)16(19,15(17)18)14-8-4-6-12(2)10-14/h11-14,19H,3-10H2,1-2H3,(H,17,18)/t11-,12-,13+,14+/m0/s1. The minimum absolute atomic E-state index is 0.0518. The summed E-state index contributed by atoms with van der Waals surface area (Å²) in [7, 11) is 0. The molecule has 0 aliphatic heterocycles. The first kappa shape index (κ1) is 14.8. The van der Waals surface area contributed by atoms with Gasteiger partial charge in [-0.25, -0.2) is 4.79 Å². The molecule has 0 spiro atoms. The summed E-state index contributed by atoms with van der Waals surface area (Å²) in [5.41, 5.74) is -1.48. The maximum atomic E-state index is 11.8. The van der Waals surface area contributed by atoms with E-state index in [2.05, 4.69) is 13.8 Å². The molecule has 0 amide bonds. The van der Waals surface area contributed by atoms with Gasteiger partial charge in [0.05, 0.1) is 0 Å². The summed E-state index contributed by atoms with van der Waals surface area (Å²) in [6, 6.07) is 0. The Hall–Kier alpha value is -0.570. The monoisotopic (exact) mass is 268 g/mol. The maximum Gasteiger partial charge on any atom is 0.336 e. The summed E-state index contributed by atoms with van der Waals surface area (Å²) in [4.78, 5) is 11.8. The first-order valence-electron chi connectivity index (χ1n) is 7.90. The van der Waals surface area contributed by atoms with Crippen LogP contribution in [0.5, 0.6) is 0 Å². The molecule has 0 bridgehead atoms. The zero-order chi connectivity index (χ0) is 14.0. The molecule has 0 aromatic heterocycles. The summed E-state index contributed by atoms with van der Waals surface area (Å²) < 4.78 is 0. The summed E-state index contributed by atoms with van der Waals surface area (Å²) in [6.45, 7) is 4.36. The van der Waals surface area contributed by atoms with Gasteiger partial charge < -0.3 is 10.2 Å². The Kier molecular flexibility index (Phi) is 4.54. The number of hydrogen-bond donors (Lipinski definition) is 2. The number of carbonyl (C=O) groups is 1. The second kappa shape index (κ2) is 5.82. The normalized spacial score (nSPS) is 37.0. The van der Waals surface area contributed by atoms with Crippen molar-refractivity contribution in [3.8, 4) is 0 Å². The van der Waals surface area contributed by atoms with Crippen LogP contribution in [0.25, 0.3) is 0 Å². The zero-order valence-corrected chi connectivity index (χ0v) is 12.3. The fraction of sp³-hybridized carbons (Fsp3) is 0.938. The number of rotatable bonds is 3. The fourth-order valence-electron chi connectivity index (χ4n) is 4.35. The van der Waals surface area contributed by atoms with Crippen molar-refractivity contribution >= 4 is 5.97 Å². The van der Waals surface area contributed by atoms with E-state index in [1.165, 1.54) is 12.8 Å². The van der Waals surface area contributed by atoms with Gasteiger partial charge >= 0.3 is 5.97 Å². The highest BCUT2D eigenvalue weighted by Crippen LogP contribution is 2.45. The molecular weight excluding hydrogens is 240 g/mol. The molecule has 0 aromatic carbocycles. The van der Waals surface area contributed by atoms with Crippen LogP contribution in [0.4, 0.5) is 0 Å². The zero-order valence-electron chi connectivity index (χ0n) is 12.3. The lowest BCUT2D eigenvalue weighted by atomic mass is 9.63. The molecule has 19 heavy (non-hydrogen) atoms. The topological polar surface area (TPSA) is 57.5 Å². The number of hydrogen-bond acceptors (Lipinski definition) is 2. The third kappa shape index (κ3) is 2.96. The number of carboxylic acids is 1. The summed E-state index contributed by atoms with van der Waals surface area (Å²) in [6.07, 6.45) is 7.95. The molecule has 2 aliphatic carbocycles. The van der Waals surface area contributed by atoms with Crippen LogP contribution in [0.15, 0.2) is 0 Å². The van der Waals surface area contributed by atoms with Crippen LogP contribution in [0, 0.1) is 23.7 Å². The van der Waals surface area contributed by atoms with Crippen molar-refractivity contribution < 1.29 is 15.0 Å². The second-order valence-corrected chi connectivity index (χ2v) is 7.07. The highest BCUT2D eigenvalue weighted by atomic mass is 16.4. The molecule has 2 N–H and O–H groups in total. The van der Waals surface area contributed by atoms with Crippen molar-refractivity contribution in [2.45, 2.75) is 70.8 Å². The van der Waals surface area contributed by atoms with Crippen LogP contribution in [-0.2, 0) is 4.79 Å². The van der Waals surface area contributed by atoms with E-state index in [1.54, 1.807) is 0 Å². The molecular formula is C16H28O3.